The summed E-state index contributed by atoms with van der Waals surface area (Å²) in [6.07, 6.45) is 4.12. The molecule has 0 aliphatic heterocycles. The maximum Gasteiger partial charge on any atom is 0 e. The van der Waals surface area contributed by atoms with Gasteiger partial charge in [0, 0.05) is 8.41 Å². The standard InChI is InChI=1S/C2H6S2.B/c1-3-4-2;/h1-2H3;. The van der Waals surface area contributed by atoms with E-state index >= 15 is 0 Å². The van der Waals surface area contributed by atoms with E-state index in [2.05, 4.69) is 12.5 Å². The lowest BCUT2D eigenvalue weighted by molar-refractivity contribution is 2.51. The molecule has 0 amide bonds. The Morgan fingerprint density at radius 3 is 1.20 bits per heavy atom. The van der Waals surface area contributed by atoms with Gasteiger partial charge in [-0.1, -0.05) is 21.6 Å². The molecule has 0 heterocycles. The summed E-state index contributed by atoms with van der Waals surface area (Å²) in [5.41, 5.74) is 0. The average molecular weight is 105 g/mol. The van der Waals surface area contributed by atoms with Crippen molar-refractivity contribution < 1.29 is 0 Å². The summed E-state index contributed by atoms with van der Waals surface area (Å²) < 4.78 is 0. The molecule has 0 aliphatic rings. The summed E-state index contributed by atoms with van der Waals surface area (Å²) >= 11 is 0. The predicted molar refractivity (Wildman–Crippen MR) is 32.8 cm³/mol. The first-order chi connectivity index (χ1) is 1.91. The maximum absolute atomic E-state index is 2.06. The van der Waals surface area contributed by atoms with Crippen LogP contribution in [0.3, 0.4) is 0 Å². The second-order valence-corrected chi connectivity index (χ2v) is 3.00. The zero-order valence-electron chi connectivity index (χ0n) is 3.39. The molecule has 0 aromatic carbocycles. The van der Waals surface area contributed by atoms with Gasteiger partial charge >= 0.3 is 0 Å². The molecule has 0 bridgehead atoms. The molecule has 0 N–H and O–H groups in total. The van der Waals surface area contributed by atoms with Crippen LogP contribution < -0.4 is 0 Å². The third kappa shape index (κ3) is 11.7. The second kappa shape index (κ2) is 8.83. The van der Waals surface area contributed by atoms with Gasteiger partial charge in [-0.15, -0.1) is 0 Å². The molecule has 0 aromatic rings. The lowest BCUT2D eigenvalue weighted by atomic mass is 10.8. The Balaban J connectivity index is 0. The number of hydrogen-bond acceptors (Lipinski definition) is 2. The summed E-state index contributed by atoms with van der Waals surface area (Å²) in [7, 11) is 3.55. The van der Waals surface area contributed by atoms with Crippen LogP contribution in [0.25, 0.3) is 0 Å². The van der Waals surface area contributed by atoms with E-state index in [4.69, 9.17) is 0 Å². The van der Waals surface area contributed by atoms with Crippen molar-refractivity contribution >= 4 is 30.0 Å². The highest BCUT2D eigenvalue weighted by molar-refractivity contribution is 8.76. The van der Waals surface area contributed by atoms with Crippen LogP contribution in [0, 0.1) is 0 Å². The predicted octanol–water partition coefficient (Wildman–Crippen LogP) is 1.25. The van der Waals surface area contributed by atoms with E-state index in [0.717, 1.165) is 0 Å². The number of rotatable bonds is 1. The molecule has 0 spiro atoms. The Kier molecular flexibility index (Phi) is 16.3. The third-order valence-corrected chi connectivity index (χ3v) is 1.50. The van der Waals surface area contributed by atoms with Crippen molar-refractivity contribution in [1.82, 2.24) is 0 Å². The lowest BCUT2D eigenvalue weighted by Crippen LogP contribution is -1.28. The van der Waals surface area contributed by atoms with Gasteiger partial charge in [0.25, 0.3) is 0 Å². The zero-order valence-corrected chi connectivity index (χ0v) is 5.03. The van der Waals surface area contributed by atoms with Crippen LogP contribution in [0.4, 0.5) is 0 Å². The molecule has 0 atom stereocenters. The number of hydrogen-bond donors (Lipinski definition) is 0. The molecular formula is C2H6BS2. The van der Waals surface area contributed by atoms with Crippen LogP contribution in [0.15, 0.2) is 0 Å². The molecule has 3 heteroatoms. The lowest BCUT2D eigenvalue weighted by Gasteiger charge is -1.69. The van der Waals surface area contributed by atoms with E-state index in [1.165, 1.54) is 0 Å². The van der Waals surface area contributed by atoms with Crippen molar-refractivity contribution in [3.8, 4) is 0 Å². The van der Waals surface area contributed by atoms with Gasteiger partial charge in [-0.3, -0.25) is 0 Å². The Morgan fingerprint density at radius 2 is 1.20 bits per heavy atom. The Labute approximate surface area is 43.1 Å². The molecule has 0 fully saturated rings. The van der Waals surface area contributed by atoms with Crippen molar-refractivity contribution in [3.63, 3.8) is 0 Å². The van der Waals surface area contributed by atoms with Crippen LogP contribution in [0.2, 0.25) is 0 Å². The molecule has 0 unspecified atom stereocenters. The van der Waals surface area contributed by atoms with Crippen LogP contribution in [0.5, 0.6) is 0 Å². The van der Waals surface area contributed by atoms with Crippen LogP contribution in [-0.2, 0) is 0 Å². The summed E-state index contributed by atoms with van der Waals surface area (Å²) in [4.78, 5) is 0. The van der Waals surface area contributed by atoms with Gasteiger partial charge in [0.05, 0.1) is 0 Å². The molecular weight excluding hydrogens is 99.0 g/mol. The minimum atomic E-state index is 0. The fourth-order valence-corrected chi connectivity index (χ4v) is 0. The van der Waals surface area contributed by atoms with E-state index in [-0.39, 0.29) is 8.41 Å². The molecule has 5 heavy (non-hydrogen) atoms. The van der Waals surface area contributed by atoms with Crippen molar-refractivity contribution in [2.75, 3.05) is 12.5 Å². The van der Waals surface area contributed by atoms with Crippen LogP contribution in [0.1, 0.15) is 0 Å². The Hall–Kier alpha value is 0.765. The molecule has 0 aliphatic carbocycles. The average Bonchev–Trinajstić information content (AvgIpc) is 1.37. The Bertz CT molecular complexity index is 9.61. The largest absolute Gasteiger partial charge is 0.0979 e. The zero-order chi connectivity index (χ0) is 3.41. The normalized spacial score (nSPS) is 6.00. The van der Waals surface area contributed by atoms with E-state index in [0.29, 0.717) is 0 Å². The second-order valence-electron chi connectivity index (χ2n) is 0.333. The van der Waals surface area contributed by atoms with E-state index in [9.17, 15) is 0 Å². The van der Waals surface area contributed by atoms with Gasteiger partial charge in [-0.2, -0.15) is 0 Å². The van der Waals surface area contributed by atoms with Gasteiger partial charge in [0.2, 0.25) is 0 Å². The van der Waals surface area contributed by atoms with Crippen LogP contribution >= 0.6 is 21.6 Å². The minimum absolute atomic E-state index is 0. The van der Waals surface area contributed by atoms with Crippen molar-refractivity contribution in [2.45, 2.75) is 0 Å². The molecule has 3 radical (unpaired) electrons. The quantitative estimate of drug-likeness (QED) is 0.363. The molecule has 0 aromatic heterocycles. The Morgan fingerprint density at radius 1 is 1.00 bits per heavy atom. The minimum Gasteiger partial charge on any atom is -0.0979 e. The van der Waals surface area contributed by atoms with E-state index < -0.39 is 0 Å². The highest BCUT2D eigenvalue weighted by Gasteiger charge is 1.55. The highest BCUT2D eigenvalue weighted by atomic mass is 33.1. The topological polar surface area (TPSA) is 0 Å². The summed E-state index contributed by atoms with van der Waals surface area (Å²) in [6, 6.07) is 0. The van der Waals surface area contributed by atoms with Crippen molar-refractivity contribution in [3.05, 3.63) is 0 Å². The maximum atomic E-state index is 2.06. The van der Waals surface area contributed by atoms with Crippen LogP contribution in [-0.4, -0.2) is 20.9 Å². The van der Waals surface area contributed by atoms with Gasteiger partial charge in [0.1, 0.15) is 0 Å². The van der Waals surface area contributed by atoms with E-state index in [1.807, 2.05) is 0 Å². The molecule has 29 valence electrons. The molecule has 0 nitrogen and oxygen atoms in total. The van der Waals surface area contributed by atoms with Gasteiger partial charge in [-0.05, 0) is 12.5 Å². The van der Waals surface area contributed by atoms with Gasteiger partial charge in [-0.25, -0.2) is 0 Å². The first-order valence-corrected chi connectivity index (χ1v) is 3.95. The SMILES string of the molecule is CSSC.[B]. The smallest absolute Gasteiger partial charge is 0 e. The highest BCUT2D eigenvalue weighted by Crippen LogP contribution is 2.09. The van der Waals surface area contributed by atoms with Gasteiger partial charge < -0.3 is 0 Å². The summed E-state index contributed by atoms with van der Waals surface area (Å²) in [5, 5.41) is 0. The van der Waals surface area contributed by atoms with Gasteiger partial charge in [0.15, 0.2) is 0 Å². The van der Waals surface area contributed by atoms with E-state index in [1.54, 1.807) is 21.6 Å². The first kappa shape index (κ1) is 9.23. The summed E-state index contributed by atoms with van der Waals surface area (Å²) in [6.45, 7) is 0. The van der Waals surface area contributed by atoms with Crippen molar-refractivity contribution in [1.29, 1.82) is 0 Å². The molecule has 0 rings (SSSR count). The monoisotopic (exact) mass is 105 g/mol. The summed E-state index contributed by atoms with van der Waals surface area (Å²) in [5.74, 6) is 0. The first-order valence-electron chi connectivity index (χ1n) is 0.983. The molecule has 0 saturated carbocycles. The fourth-order valence-electron chi connectivity index (χ4n) is 0. The van der Waals surface area contributed by atoms with Crippen molar-refractivity contribution in [2.24, 2.45) is 0 Å². The molecule has 0 saturated heterocycles. The third-order valence-electron chi connectivity index (χ3n) is 0.167. The fraction of sp³-hybridized carbons (Fsp3) is 1.00.